The van der Waals surface area contributed by atoms with E-state index in [-0.39, 0.29) is 0 Å². The van der Waals surface area contributed by atoms with Gasteiger partial charge in [0.2, 0.25) is 0 Å². The summed E-state index contributed by atoms with van der Waals surface area (Å²) in [6.07, 6.45) is 3.63. The second kappa shape index (κ2) is 2.92. The maximum atomic E-state index is 10.3. The standard InChI is InChI=1S/C7H5BrO2/c8-7-1-5(3-9)6(2-7)4-10/h1,3-4H,2H2. The third kappa shape index (κ3) is 1.24. The highest BCUT2D eigenvalue weighted by molar-refractivity contribution is 9.11. The predicted molar refractivity (Wildman–Crippen MR) is 40.8 cm³/mol. The molecule has 0 radical (unpaired) electrons. The van der Waals surface area contributed by atoms with Gasteiger partial charge in [0.25, 0.3) is 0 Å². The van der Waals surface area contributed by atoms with E-state index in [1.54, 1.807) is 6.08 Å². The zero-order valence-corrected chi connectivity index (χ0v) is 6.72. The Morgan fingerprint density at radius 2 is 2.10 bits per heavy atom. The Bertz CT molecular complexity index is 238. The highest BCUT2D eigenvalue weighted by Crippen LogP contribution is 2.26. The fraction of sp³-hybridized carbons (Fsp3) is 0.143. The van der Waals surface area contributed by atoms with E-state index in [9.17, 15) is 9.59 Å². The molecular weight excluding hydrogens is 196 g/mol. The van der Waals surface area contributed by atoms with Crippen molar-refractivity contribution in [3.8, 4) is 0 Å². The predicted octanol–water partition coefficient (Wildman–Crippen LogP) is 1.36. The maximum absolute atomic E-state index is 10.3. The van der Waals surface area contributed by atoms with Gasteiger partial charge < -0.3 is 0 Å². The van der Waals surface area contributed by atoms with Crippen LogP contribution in [0.1, 0.15) is 6.42 Å². The Morgan fingerprint density at radius 1 is 1.40 bits per heavy atom. The van der Waals surface area contributed by atoms with Crippen molar-refractivity contribution in [1.82, 2.24) is 0 Å². The molecule has 52 valence electrons. The largest absolute Gasteiger partial charge is 0.298 e. The molecule has 0 amide bonds. The van der Waals surface area contributed by atoms with Crippen molar-refractivity contribution >= 4 is 28.5 Å². The molecule has 0 bridgehead atoms. The summed E-state index contributed by atoms with van der Waals surface area (Å²) >= 11 is 3.20. The monoisotopic (exact) mass is 200 g/mol. The molecule has 3 heteroatoms. The zero-order chi connectivity index (χ0) is 7.56. The van der Waals surface area contributed by atoms with Crippen molar-refractivity contribution in [2.45, 2.75) is 6.42 Å². The quantitative estimate of drug-likeness (QED) is 0.632. The Morgan fingerprint density at radius 3 is 2.50 bits per heavy atom. The first-order valence-corrected chi connectivity index (χ1v) is 3.57. The van der Waals surface area contributed by atoms with Gasteiger partial charge in [0.15, 0.2) is 0 Å². The Kier molecular flexibility index (Phi) is 2.17. The van der Waals surface area contributed by atoms with Gasteiger partial charge in [-0.1, -0.05) is 15.9 Å². The van der Waals surface area contributed by atoms with Crippen molar-refractivity contribution in [1.29, 1.82) is 0 Å². The summed E-state index contributed by atoms with van der Waals surface area (Å²) in [4.78, 5) is 20.5. The molecule has 0 aromatic carbocycles. The summed E-state index contributed by atoms with van der Waals surface area (Å²) in [5, 5.41) is 0. The molecular formula is C7H5BrO2. The van der Waals surface area contributed by atoms with E-state index in [1.807, 2.05) is 0 Å². The van der Waals surface area contributed by atoms with Crippen molar-refractivity contribution in [3.63, 3.8) is 0 Å². The van der Waals surface area contributed by atoms with Gasteiger partial charge in [0, 0.05) is 22.0 Å². The summed E-state index contributed by atoms with van der Waals surface area (Å²) in [5.41, 5.74) is 1.05. The molecule has 0 atom stereocenters. The molecule has 0 saturated carbocycles. The smallest absolute Gasteiger partial charge is 0.150 e. The number of halogens is 1. The number of rotatable bonds is 2. The second-order valence-corrected chi connectivity index (χ2v) is 3.00. The lowest BCUT2D eigenvalue weighted by molar-refractivity contribution is -0.107. The van der Waals surface area contributed by atoms with Crippen LogP contribution in [0.3, 0.4) is 0 Å². The van der Waals surface area contributed by atoms with Crippen LogP contribution in [-0.4, -0.2) is 12.6 Å². The molecule has 1 aliphatic carbocycles. The summed E-state index contributed by atoms with van der Waals surface area (Å²) in [6.45, 7) is 0. The van der Waals surface area contributed by atoms with E-state index in [0.717, 1.165) is 4.48 Å². The van der Waals surface area contributed by atoms with Crippen molar-refractivity contribution in [2.75, 3.05) is 0 Å². The highest BCUT2D eigenvalue weighted by atomic mass is 79.9. The average Bonchev–Trinajstić information content (AvgIpc) is 2.30. The molecule has 0 aliphatic heterocycles. The third-order valence-electron chi connectivity index (χ3n) is 1.31. The minimum Gasteiger partial charge on any atom is -0.298 e. The molecule has 0 aromatic heterocycles. The number of carbonyl (C=O) groups is 2. The number of aldehydes is 2. The first kappa shape index (κ1) is 7.41. The van der Waals surface area contributed by atoms with Gasteiger partial charge in [-0.25, -0.2) is 0 Å². The van der Waals surface area contributed by atoms with Crippen molar-refractivity contribution in [3.05, 3.63) is 21.7 Å². The van der Waals surface area contributed by atoms with Crippen molar-refractivity contribution in [2.24, 2.45) is 0 Å². The van der Waals surface area contributed by atoms with E-state index in [1.165, 1.54) is 0 Å². The Balaban J connectivity index is 2.94. The molecule has 0 N–H and O–H groups in total. The van der Waals surface area contributed by atoms with Gasteiger partial charge in [-0.2, -0.15) is 0 Å². The molecule has 1 aliphatic rings. The minimum absolute atomic E-state index is 0.488. The molecule has 0 fully saturated rings. The molecule has 0 spiro atoms. The van der Waals surface area contributed by atoms with Gasteiger partial charge in [-0.3, -0.25) is 9.59 Å². The van der Waals surface area contributed by atoms with E-state index >= 15 is 0 Å². The van der Waals surface area contributed by atoms with Gasteiger partial charge in [-0.05, 0) is 6.08 Å². The van der Waals surface area contributed by atoms with Crippen LogP contribution >= 0.6 is 15.9 Å². The maximum Gasteiger partial charge on any atom is 0.150 e. The summed E-state index contributed by atoms with van der Waals surface area (Å²) in [6, 6.07) is 0. The Hall–Kier alpha value is -0.700. The summed E-state index contributed by atoms with van der Waals surface area (Å²) < 4.78 is 0.886. The normalized spacial score (nSPS) is 17.1. The molecule has 1 rings (SSSR count). The fourth-order valence-corrected chi connectivity index (χ4v) is 1.36. The molecule has 2 nitrogen and oxygen atoms in total. The lowest BCUT2D eigenvalue weighted by Gasteiger charge is -1.87. The first-order valence-electron chi connectivity index (χ1n) is 2.77. The SMILES string of the molecule is O=CC1=C(C=O)CC(Br)=C1. The Labute approximate surface area is 66.7 Å². The average molecular weight is 201 g/mol. The lowest BCUT2D eigenvalue weighted by Crippen LogP contribution is -1.85. The van der Waals surface area contributed by atoms with Gasteiger partial charge in [0.05, 0.1) is 0 Å². The molecule has 0 aromatic rings. The fourth-order valence-electron chi connectivity index (χ4n) is 0.816. The molecule has 0 saturated heterocycles. The van der Waals surface area contributed by atoms with E-state index < -0.39 is 0 Å². The van der Waals surface area contributed by atoms with Crippen LogP contribution in [0.25, 0.3) is 0 Å². The van der Waals surface area contributed by atoms with Gasteiger partial charge in [0.1, 0.15) is 12.6 Å². The number of allylic oxidation sites excluding steroid dienone is 4. The lowest BCUT2D eigenvalue weighted by atomic mass is 10.2. The van der Waals surface area contributed by atoms with E-state index in [4.69, 9.17) is 0 Å². The molecule has 10 heavy (non-hydrogen) atoms. The van der Waals surface area contributed by atoms with Crippen LogP contribution in [0.5, 0.6) is 0 Å². The van der Waals surface area contributed by atoms with Crippen LogP contribution in [-0.2, 0) is 9.59 Å². The van der Waals surface area contributed by atoms with Crippen LogP contribution in [0, 0.1) is 0 Å². The summed E-state index contributed by atoms with van der Waals surface area (Å²) in [7, 11) is 0. The minimum atomic E-state index is 0.488. The summed E-state index contributed by atoms with van der Waals surface area (Å²) in [5.74, 6) is 0. The zero-order valence-electron chi connectivity index (χ0n) is 5.13. The van der Waals surface area contributed by atoms with E-state index in [0.29, 0.717) is 30.1 Å². The molecule has 0 unspecified atom stereocenters. The first-order chi connectivity index (χ1) is 4.77. The van der Waals surface area contributed by atoms with Crippen LogP contribution in [0.15, 0.2) is 21.7 Å². The van der Waals surface area contributed by atoms with E-state index in [2.05, 4.69) is 15.9 Å². The number of carbonyl (C=O) groups excluding carboxylic acids is 2. The molecule has 0 heterocycles. The van der Waals surface area contributed by atoms with Crippen LogP contribution < -0.4 is 0 Å². The number of hydrogen-bond acceptors (Lipinski definition) is 2. The van der Waals surface area contributed by atoms with Crippen molar-refractivity contribution < 1.29 is 9.59 Å². The topological polar surface area (TPSA) is 34.1 Å². The third-order valence-corrected chi connectivity index (χ3v) is 1.82. The van der Waals surface area contributed by atoms with Crippen LogP contribution in [0.2, 0.25) is 0 Å². The van der Waals surface area contributed by atoms with Crippen LogP contribution in [0.4, 0.5) is 0 Å². The highest BCUT2D eigenvalue weighted by Gasteiger charge is 2.11. The van der Waals surface area contributed by atoms with Gasteiger partial charge in [-0.15, -0.1) is 0 Å². The number of hydrogen-bond donors (Lipinski definition) is 0. The van der Waals surface area contributed by atoms with Gasteiger partial charge >= 0.3 is 0 Å². The second-order valence-electron chi connectivity index (χ2n) is 1.98.